The van der Waals surface area contributed by atoms with Crippen molar-refractivity contribution in [2.45, 2.75) is 84.0 Å². The van der Waals surface area contributed by atoms with Crippen molar-refractivity contribution in [2.24, 2.45) is 23.7 Å². The number of hydrogen-bond acceptors (Lipinski definition) is 1. The van der Waals surface area contributed by atoms with Gasteiger partial charge in [-0.25, -0.2) is 0 Å². The molecule has 0 atom stereocenters. The zero-order chi connectivity index (χ0) is 17.2. The first kappa shape index (κ1) is 19.2. The minimum absolute atomic E-state index is 0.708. The first-order valence-corrected chi connectivity index (χ1v) is 10.1. The quantitative estimate of drug-likeness (QED) is 0.360. The molecular weight excluding hydrogens is 297 g/mol. The Balaban J connectivity index is 1.61. The third-order valence-corrected chi connectivity index (χ3v) is 6.37. The lowest BCUT2D eigenvalue weighted by Gasteiger charge is -2.38. The van der Waals surface area contributed by atoms with Gasteiger partial charge in [-0.1, -0.05) is 57.6 Å². The number of nitriles is 1. The molecule has 1 nitrogen and oxygen atoms in total. The van der Waals surface area contributed by atoms with Crippen LogP contribution in [0.2, 0.25) is 0 Å². The van der Waals surface area contributed by atoms with Gasteiger partial charge in [0.05, 0.1) is 0 Å². The lowest BCUT2D eigenvalue weighted by Crippen LogP contribution is -2.25. The Hall–Kier alpha value is -1.10. The van der Waals surface area contributed by atoms with Crippen LogP contribution in [0.15, 0.2) is 24.1 Å². The van der Waals surface area contributed by atoms with Gasteiger partial charge >= 0.3 is 0 Å². The average molecular weight is 332 g/mol. The lowest BCUT2D eigenvalue weighted by atomic mass is 9.68. The Bertz CT molecular complexity index is 443. The van der Waals surface area contributed by atoms with Gasteiger partial charge in [0.1, 0.15) is 6.07 Å². The molecule has 2 fully saturated rings. The van der Waals surface area contributed by atoms with Gasteiger partial charge in [0.15, 0.2) is 5.83 Å². The summed E-state index contributed by atoms with van der Waals surface area (Å²) >= 11 is 0. The van der Waals surface area contributed by atoms with Crippen LogP contribution in [0, 0.1) is 35.0 Å². The highest BCUT2D eigenvalue weighted by molar-refractivity contribution is 5.18. The second-order valence-corrected chi connectivity index (χ2v) is 7.98. The van der Waals surface area contributed by atoms with E-state index in [0.29, 0.717) is 0 Å². The van der Waals surface area contributed by atoms with Crippen molar-refractivity contribution in [1.29, 1.82) is 5.26 Å². The SMILES string of the molecule is CCCC1CCC(C2CCC(CC/C=C/C=C(\F)C#N)CC2)CC1. The number of nitrogens with zero attached hydrogens (tertiary/aromatic N) is 1. The van der Waals surface area contributed by atoms with E-state index >= 15 is 0 Å². The number of halogens is 1. The second kappa shape index (κ2) is 10.7. The molecule has 0 radical (unpaired) electrons. The monoisotopic (exact) mass is 331 g/mol. The van der Waals surface area contributed by atoms with Gasteiger partial charge < -0.3 is 0 Å². The second-order valence-electron chi connectivity index (χ2n) is 7.98. The molecule has 2 heteroatoms. The molecule has 0 aromatic carbocycles. The number of rotatable bonds is 7. The average Bonchev–Trinajstić information content (AvgIpc) is 2.63. The summed E-state index contributed by atoms with van der Waals surface area (Å²) in [4.78, 5) is 0. The summed E-state index contributed by atoms with van der Waals surface area (Å²) in [6.07, 6.45) is 21.5. The van der Waals surface area contributed by atoms with Crippen molar-refractivity contribution in [2.75, 3.05) is 0 Å². The molecule has 0 unspecified atom stereocenters. The predicted molar refractivity (Wildman–Crippen MR) is 99.0 cm³/mol. The smallest absolute Gasteiger partial charge is 0.195 e. The summed E-state index contributed by atoms with van der Waals surface area (Å²) in [5.74, 6) is 3.17. The zero-order valence-electron chi connectivity index (χ0n) is 15.4. The van der Waals surface area contributed by atoms with Crippen LogP contribution in [0.5, 0.6) is 0 Å². The third kappa shape index (κ3) is 6.42. The zero-order valence-corrected chi connectivity index (χ0v) is 15.4. The van der Waals surface area contributed by atoms with Gasteiger partial charge in [0.2, 0.25) is 0 Å². The lowest BCUT2D eigenvalue weighted by molar-refractivity contribution is 0.141. The predicted octanol–water partition coefficient (Wildman–Crippen LogP) is 7.11. The molecule has 2 aliphatic rings. The molecule has 0 aromatic rings. The summed E-state index contributed by atoms with van der Waals surface area (Å²) in [7, 11) is 0. The van der Waals surface area contributed by atoms with E-state index in [1.807, 2.05) is 6.08 Å². The van der Waals surface area contributed by atoms with E-state index in [0.717, 1.165) is 30.1 Å². The maximum atomic E-state index is 12.6. The van der Waals surface area contributed by atoms with Crippen LogP contribution in [0.25, 0.3) is 0 Å². The van der Waals surface area contributed by atoms with Crippen LogP contribution in [0.4, 0.5) is 4.39 Å². The van der Waals surface area contributed by atoms with Crippen molar-refractivity contribution in [3.8, 4) is 6.07 Å². The minimum Gasteiger partial charge on any atom is -0.195 e. The van der Waals surface area contributed by atoms with Crippen molar-refractivity contribution in [3.63, 3.8) is 0 Å². The van der Waals surface area contributed by atoms with E-state index in [4.69, 9.17) is 5.26 Å². The molecule has 0 heterocycles. The Labute approximate surface area is 148 Å². The highest BCUT2D eigenvalue weighted by Gasteiger charge is 2.30. The van der Waals surface area contributed by atoms with Crippen molar-refractivity contribution in [3.05, 3.63) is 24.1 Å². The Morgan fingerprint density at radius 3 is 2.00 bits per heavy atom. The van der Waals surface area contributed by atoms with Gasteiger partial charge in [-0.3, -0.25) is 0 Å². The molecule has 0 aliphatic heterocycles. The van der Waals surface area contributed by atoms with E-state index in [-0.39, 0.29) is 0 Å². The van der Waals surface area contributed by atoms with Gasteiger partial charge in [-0.2, -0.15) is 9.65 Å². The minimum atomic E-state index is -0.708. The molecule has 2 rings (SSSR count). The molecular formula is C22H34FN. The van der Waals surface area contributed by atoms with Crippen LogP contribution >= 0.6 is 0 Å². The largest absolute Gasteiger partial charge is 0.199 e. The summed E-state index contributed by atoms with van der Waals surface area (Å²) < 4.78 is 12.6. The molecule has 2 saturated carbocycles. The molecule has 2 aliphatic carbocycles. The fourth-order valence-corrected chi connectivity index (χ4v) is 4.92. The van der Waals surface area contributed by atoms with Gasteiger partial charge in [-0.15, -0.1) is 0 Å². The Morgan fingerprint density at radius 1 is 0.958 bits per heavy atom. The number of allylic oxidation sites excluding steroid dienone is 4. The highest BCUT2D eigenvalue weighted by atomic mass is 19.1. The van der Waals surface area contributed by atoms with Crippen molar-refractivity contribution in [1.82, 2.24) is 0 Å². The molecule has 0 saturated heterocycles. The van der Waals surface area contributed by atoms with E-state index in [2.05, 4.69) is 6.92 Å². The standard InChI is InChI=1S/C22H34FN/c1-2-6-18-9-13-20(14-10-18)21-15-11-19(12-16-21)7-4-3-5-8-22(23)17-24/h3,5,8,18-21H,2,4,6-7,9-16H2,1H3/b5-3+,22-8-. The summed E-state index contributed by atoms with van der Waals surface area (Å²) in [5.41, 5.74) is 0. The van der Waals surface area contributed by atoms with Crippen LogP contribution in [0.1, 0.15) is 84.0 Å². The van der Waals surface area contributed by atoms with Crippen LogP contribution in [-0.4, -0.2) is 0 Å². The maximum absolute atomic E-state index is 12.6. The van der Waals surface area contributed by atoms with Crippen LogP contribution in [0.3, 0.4) is 0 Å². The maximum Gasteiger partial charge on any atom is 0.199 e. The first-order chi connectivity index (χ1) is 11.7. The normalized spacial score (nSPS) is 32.0. The summed E-state index contributed by atoms with van der Waals surface area (Å²) in [6, 6.07) is 1.49. The van der Waals surface area contributed by atoms with Gasteiger partial charge in [-0.05, 0) is 68.3 Å². The van der Waals surface area contributed by atoms with E-state index in [1.165, 1.54) is 82.8 Å². The van der Waals surface area contributed by atoms with Crippen molar-refractivity contribution < 1.29 is 4.39 Å². The van der Waals surface area contributed by atoms with E-state index in [1.54, 1.807) is 6.08 Å². The Morgan fingerprint density at radius 2 is 1.50 bits per heavy atom. The fourth-order valence-electron chi connectivity index (χ4n) is 4.92. The first-order valence-electron chi connectivity index (χ1n) is 10.1. The highest BCUT2D eigenvalue weighted by Crippen LogP contribution is 2.42. The molecule has 0 amide bonds. The fraction of sp³-hybridized carbons (Fsp3) is 0.773. The molecule has 0 spiro atoms. The molecule has 134 valence electrons. The van der Waals surface area contributed by atoms with Gasteiger partial charge in [0.25, 0.3) is 0 Å². The summed E-state index contributed by atoms with van der Waals surface area (Å²) in [6.45, 7) is 2.32. The molecule has 24 heavy (non-hydrogen) atoms. The van der Waals surface area contributed by atoms with Crippen LogP contribution < -0.4 is 0 Å². The molecule has 0 bridgehead atoms. The topological polar surface area (TPSA) is 23.8 Å². The van der Waals surface area contributed by atoms with Gasteiger partial charge in [0, 0.05) is 0 Å². The Kier molecular flexibility index (Phi) is 8.57. The molecule has 0 aromatic heterocycles. The van der Waals surface area contributed by atoms with E-state index in [9.17, 15) is 4.39 Å². The third-order valence-electron chi connectivity index (χ3n) is 6.37. The van der Waals surface area contributed by atoms with Crippen molar-refractivity contribution >= 4 is 0 Å². The van der Waals surface area contributed by atoms with E-state index < -0.39 is 5.83 Å². The summed E-state index contributed by atoms with van der Waals surface area (Å²) in [5, 5.41) is 8.34. The van der Waals surface area contributed by atoms with Crippen LogP contribution in [-0.2, 0) is 0 Å². The molecule has 0 N–H and O–H groups in total. The number of hydrogen-bond donors (Lipinski definition) is 0.